The minimum absolute atomic E-state index is 0.259. The molecule has 24 heavy (non-hydrogen) atoms. The molecule has 0 aromatic heterocycles. The molecule has 1 N–H and O–H groups in total. The Balaban J connectivity index is 3.36. The molecular weight excluding hydrogens is 325 g/mol. The van der Waals surface area contributed by atoms with Crippen LogP contribution in [0, 0.1) is 6.92 Å². The maximum Gasteiger partial charge on any atom is 0.428 e. The topological polar surface area (TPSA) is 55.8 Å². The Labute approximate surface area is 139 Å². The maximum absolute atomic E-state index is 13.4. The number of para-hydroxylation sites is 1. The van der Waals surface area contributed by atoms with Crippen LogP contribution in [-0.4, -0.2) is 36.6 Å². The number of methoxy groups -OCH3 is 1. The van der Waals surface area contributed by atoms with Crippen molar-refractivity contribution in [2.75, 3.05) is 13.7 Å². The molecule has 0 radical (unpaired) electrons. The summed E-state index contributed by atoms with van der Waals surface area (Å²) in [7, 11) is 1.42. The second-order valence-corrected chi connectivity index (χ2v) is 6.29. The number of esters is 1. The lowest BCUT2D eigenvalue weighted by atomic mass is 9.74. The first-order chi connectivity index (χ1) is 10.9. The van der Waals surface area contributed by atoms with Gasteiger partial charge in [-0.25, -0.2) is 4.79 Å². The Morgan fingerprint density at radius 1 is 1.25 bits per heavy atom. The third-order valence-corrected chi connectivity index (χ3v) is 3.92. The minimum atomic E-state index is -5.16. The molecular formula is C17H23F3O4. The van der Waals surface area contributed by atoms with Gasteiger partial charge in [-0.2, -0.15) is 13.2 Å². The highest BCUT2D eigenvalue weighted by Gasteiger charge is 2.62. The van der Waals surface area contributed by atoms with Gasteiger partial charge in [0.05, 0.1) is 13.7 Å². The Hall–Kier alpha value is -1.76. The van der Waals surface area contributed by atoms with Crippen molar-refractivity contribution in [2.45, 2.75) is 51.3 Å². The summed E-state index contributed by atoms with van der Waals surface area (Å²) < 4.78 is 50.0. The number of aryl methyl sites for hydroxylation is 1. The molecule has 0 amide bonds. The molecule has 0 aliphatic carbocycles. The van der Waals surface area contributed by atoms with Crippen LogP contribution in [0.15, 0.2) is 18.2 Å². The van der Waals surface area contributed by atoms with Crippen molar-refractivity contribution < 1.29 is 32.5 Å². The van der Waals surface area contributed by atoms with Gasteiger partial charge in [-0.3, -0.25) is 0 Å². The van der Waals surface area contributed by atoms with Gasteiger partial charge >= 0.3 is 12.1 Å². The third kappa shape index (κ3) is 3.83. The Bertz CT molecular complexity index is 596. The SMILES string of the molecule is CCOC(=O)C(O)(CC(C)(C)c1cccc(C)c1OC)C(F)(F)F. The van der Waals surface area contributed by atoms with Crippen molar-refractivity contribution in [3.8, 4) is 5.75 Å². The second-order valence-electron chi connectivity index (χ2n) is 6.29. The van der Waals surface area contributed by atoms with Gasteiger partial charge in [0.2, 0.25) is 0 Å². The average molecular weight is 348 g/mol. The highest BCUT2D eigenvalue weighted by Crippen LogP contribution is 2.44. The van der Waals surface area contributed by atoms with Crippen LogP contribution in [0.3, 0.4) is 0 Å². The average Bonchev–Trinajstić information content (AvgIpc) is 2.45. The molecule has 7 heteroatoms. The van der Waals surface area contributed by atoms with Crippen LogP contribution < -0.4 is 4.74 Å². The largest absolute Gasteiger partial charge is 0.496 e. The lowest BCUT2D eigenvalue weighted by molar-refractivity contribution is -0.267. The van der Waals surface area contributed by atoms with Gasteiger partial charge in [0.15, 0.2) is 0 Å². The van der Waals surface area contributed by atoms with E-state index in [1.54, 1.807) is 25.1 Å². The van der Waals surface area contributed by atoms with E-state index in [0.717, 1.165) is 5.56 Å². The third-order valence-electron chi connectivity index (χ3n) is 3.92. The number of hydrogen-bond acceptors (Lipinski definition) is 4. The second kappa shape index (κ2) is 7.01. The number of carbonyl (C=O) groups excluding carboxylic acids is 1. The fourth-order valence-corrected chi connectivity index (χ4v) is 2.73. The number of rotatable bonds is 6. The molecule has 1 rings (SSSR count). The lowest BCUT2D eigenvalue weighted by Crippen LogP contribution is -2.55. The zero-order valence-electron chi connectivity index (χ0n) is 14.5. The molecule has 0 heterocycles. The van der Waals surface area contributed by atoms with Gasteiger partial charge < -0.3 is 14.6 Å². The first-order valence-corrected chi connectivity index (χ1v) is 7.51. The molecule has 1 aromatic rings. The summed E-state index contributed by atoms with van der Waals surface area (Å²) in [5.74, 6) is -1.27. The van der Waals surface area contributed by atoms with Crippen molar-refractivity contribution in [1.29, 1.82) is 0 Å². The van der Waals surface area contributed by atoms with E-state index in [1.807, 2.05) is 0 Å². The van der Waals surface area contributed by atoms with Crippen LogP contribution in [0.25, 0.3) is 0 Å². The summed E-state index contributed by atoms with van der Waals surface area (Å²) in [6, 6.07) is 5.07. The fraction of sp³-hybridized carbons (Fsp3) is 0.588. The van der Waals surface area contributed by atoms with Crippen molar-refractivity contribution in [2.24, 2.45) is 0 Å². The standard InChI is InChI=1S/C17H23F3O4/c1-6-24-14(21)16(22,17(18,19)20)10-15(3,4)12-9-7-8-11(2)13(12)23-5/h7-9,22H,6,10H2,1-5H3. The Morgan fingerprint density at radius 2 is 1.83 bits per heavy atom. The van der Waals surface area contributed by atoms with E-state index in [0.29, 0.717) is 11.3 Å². The van der Waals surface area contributed by atoms with E-state index in [2.05, 4.69) is 4.74 Å². The first-order valence-electron chi connectivity index (χ1n) is 7.51. The van der Waals surface area contributed by atoms with Crippen LogP contribution in [-0.2, 0) is 14.9 Å². The lowest BCUT2D eigenvalue weighted by Gasteiger charge is -2.36. The summed E-state index contributed by atoms with van der Waals surface area (Å²) in [5, 5.41) is 10.1. The summed E-state index contributed by atoms with van der Waals surface area (Å²) in [5.41, 5.74) is -3.58. The normalized spacial score (nSPS) is 14.9. The molecule has 0 fully saturated rings. The van der Waals surface area contributed by atoms with Gasteiger partial charge in [-0.05, 0) is 24.8 Å². The Morgan fingerprint density at radius 3 is 2.29 bits per heavy atom. The number of aliphatic hydroxyl groups is 1. The predicted molar refractivity (Wildman–Crippen MR) is 83.0 cm³/mol. The minimum Gasteiger partial charge on any atom is -0.496 e. The highest BCUT2D eigenvalue weighted by atomic mass is 19.4. The number of carbonyl (C=O) groups is 1. The van der Waals surface area contributed by atoms with E-state index in [1.165, 1.54) is 27.9 Å². The molecule has 0 spiro atoms. The number of ether oxygens (including phenoxy) is 2. The maximum atomic E-state index is 13.4. The van der Waals surface area contributed by atoms with Crippen LogP contribution in [0.2, 0.25) is 0 Å². The molecule has 1 aromatic carbocycles. The highest BCUT2D eigenvalue weighted by molar-refractivity contribution is 5.80. The van der Waals surface area contributed by atoms with E-state index in [4.69, 9.17) is 4.74 Å². The number of hydrogen-bond donors (Lipinski definition) is 1. The van der Waals surface area contributed by atoms with Crippen molar-refractivity contribution in [1.82, 2.24) is 0 Å². The van der Waals surface area contributed by atoms with Crippen molar-refractivity contribution >= 4 is 5.97 Å². The molecule has 1 unspecified atom stereocenters. The van der Waals surface area contributed by atoms with Crippen LogP contribution >= 0.6 is 0 Å². The zero-order chi connectivity index (χ0) is 18.8. The summed E-state index contributed by atoms with van der Waals surface area (Å²) >= 11 is 0. The van der Waals surface area contributed by atoms with Gasteiger partial charge in [0.25, 0.3) is 5.60 Å². The summed E-state index contributed by atoms with van der Waals surface area (Å²) in [6.45, 7) is 5.91. The van der Waals surface area contributed by atoms with E-state index in [9.17, 15) is 23.1 Å². The number of halogens is 3. The monoisotopic (exact) mass is 348 g/mol. The van der Waals surface area contributed by atoms with Gasteiger partial charge in [0.1, 0.15) is 5.75 Å². The van der Waals surface area contributed by atoms with Crippen molar-refractivity contribution in [3.05, 3.63) is 29.3 Å². The smallest absolute Gasteiger partial charge is 0.428 e. The molecule has 0 saturated heterocycles. The predicted octanol–water partition coefficient (Wildman–Crippen LogP) is 3.53. The van der Waals surface area contributed by atoms with Gasteiger partial charge in [-0.1, -0.05) is 32.0 Å². The van der Waals surface area contributed by atoms with Crippen LogP contribution in [0.5, 0.6) is 5.75 Å². The van der Waals surface area contributed by atoms with E-state index >= 15 is 0 Å². The Kier molecular flexibility index (Phi) is 5.92. The molecule has 4 nitrogen and oxygen atoms in total. The van der Waals surface area contributed by atoms with E-state index in [-0.39, 0.29) is 6.61 Å². The number of benzene rings is 1. The summed E-state index contributed by atoms with van der Waals surface area (Å²) in [6.07, 6.45) is -6.05. The van der Waals surface area contributed by atoms with Gasteiger partial charge in [0, 0.05) is 12.0 Å². The molecule has 0 bridgehead atoms. The zero-order valence-corrected chi connectivity index (χ0v) is 14.5. The quantitative estimate of drug-likeness (QED) is 0.799. The first kappa shape index (κ1) is 20.3. The van der Waals surface area contributed by atoms with Crippen LogP contribution in [0.1, 0.15) is 38.3 Å². The van der Waals surface area contributed by atoms with E-state index < -0.39 is 29.6 Å². The van der Waals surface area contributed by atoms with Gasteiger partial charge in [-0.15, -0.1) is 0 Å². The molecule has 136 valence electrons. The number of alkyl halides is 3. The van der Waals surface area contributed by atoms with Crippen molar-refractivity contribution in [3.63, 3.8) is 0 Å². The molecule has 0 saturated carbocycles. The van der Waals surface area contributed by atoms with Crippen LogP contribution in [0.4, 0.5) is 13.2 Å². The molecule has 0 aliphatic rings. The summed E-state index contributed by atoms with van der Waals surface area (Å²) in [4.78, 5) is 11.8. The molecule has 1 atom stereocenters. The molecule has 0 aliphatic heterocycles. The fourth-order valence-electron chi connectivity index (χ4n) is 2.73.